The molecular formula is C19H16F3NO2. The molecule has 0 aliphatic carbocycles. The molecule has 3 nitrogen and oxygen atoms in total. The molecule has 0 fully saturated rings. The van der Waals surface area contributed by atoms with Crippen molar-refractivity contribution in [2.45, 2.75) is 26.4 Å². The van der Waals surface area contributed by atoms with Gasteiger partial charge < -0.3 is 10.1 Å². The van der Waals surface area contributed by atoms with Gasteiger partial charge in [0.15, 0.2) is 0 Å². The first-order chi connectivity index (χ1) is 11.7. The number of aromatic nitrogens is 1. The summed E-state index contributed by atoms with van der Waals surface area (Å²) in [5, 5.41) is 10.1. The highest BCUT2D eigenvalue weighted by Crippen LogP contribution is 2.35. The number of aromatic amines is 1. The summed E-state index contributed by atoms with van der Waals surface area (Å²) < 4.78 is 38.3. The van der Waals surface area contributed by atoms with Crippen molar-refractivity contribution >= 4 is 16.9 Å². The van der Waals surface area contributed by atoms with Crippen LogP contribution in [0.25, 0.3) is 22.2 Å². The van der Waals surface area contributed by atoms with E-state index in [0.29, 0.717) is 16.8 Å². The van der Waals surface area contributed by atoms with Gasteiger partial charge in [-0.1, -0.05) is 18.2 Å². The van der Waals surface area contributed by atoms with Crippen molar-refractivity contribution in [3.8, 4) is 11.3 Å². The van der Waals surface area contributed by atoms with Crippen LogP contribution in [0.2, 0.25) is 0 Å². The lowest BCUT2D eigenvalue weighted by molar-refractivity contribution is -0.138. The van der Waals surface area contributed by atoms with E-state index in [4.69, 9.17) is 0 Å². The summed E-state index contributed by atoms with van der Waals surface area (Å²) in [7, 11) is 0. The Morgan fingerprint density at radius 1 is 1.12 bits per heavy atom. The number of benzene rings is 2. The number of aryl methyl sites for hydroxylation is 2. The Hall–Kier alpha value is -2.76. The van der Waals surface area contributed by atoms with E-state index in [1.54, 1.807) is 0 Å². The predicted octanol–water partition coefficient (Wildman–Crippen LogP) is 5.10. The number of hydrogen-bond donors (Lipinski definition) is 2. The van der Waals surface area contributed by atoms with Gasteiger partial charge in [-0.3, -0.25) is 4.79 Å². The van der Waals surface area contributed by atoms with Gasteiger partial charge in [-0.25, -0.2) is 0 Å². The van der Waals surface area contributed by atoms with Gasteiger partial charge in [0.05, 0.1) is 17.7 Å². The quantitative estimate of drug-likeness (QED) is 0.693. The van der Waals surface area contributed by atoms with Gasteiger partial charge in [-0.05, 0) is 54.3 Å². The van der Waals surface area contributed by atoms with E-state index in [0.717, 1.165) is 34.2 Å². The minimum absolute atomic E-state index is 0.208. The maximum Gasteiger partial charge on any atom is 0.416 e. The number of hydrogen-bond acceptors (Lipinski definition) is 1. The van der Waals surface area contributed by atoms with Gasteiger partial charge in [-0.2, -0.15) is 13.2 Å². The van der Waals surface area contributed by atoms with Crippen molar-refractivity contribution in [1.82, 2.24) is 4.98 Å². The Kier molecular flexibility index (Phi) is 4.06. The number of carboxylic acids is 1. The second-order valence-corrected chi connectivity index (χ2v) is 6.13. The highest BCUT2D eigenvalue weighted by molar-refractivity contribution is 5.96. The molecule has 25 heavy (non-hydrogen) atoms. The molecule has 1 aromatic heterocycles. The summed E-state index contributed by atoms with van der Waals surface area (Å²) in [5.74, 6) is -0.992. The van der Waals surface area contributed by atoms with Gasteiger partial charge >= 0.3 is 12.1 Å². The van der Waals surface area contributed by atoms with Crippen molar-refractivity contribution in [1.29, 1.82) is 0 Å². The summed E-state index contributed by atoms with van der Waals surface area (Å²) in [6.07, 6.45) is -4.61. The van der Waals surface area contributed by atoms with Crippen LogP contribution < -0.4 is 0 Å². The van der Waals surface area contributed by atoms with Gasteiger partial charge in [0, 0.05) is 10.9 Å². The summed E-state index contributed by atoms with van der Waals surface area (Å²) in [6, 6.07) is 8.59. The van der Waals surface area contributed by atoms with Crippen molar-refractivity contribution in [3.63, 3.8) is 0 Å². The topological polar surface area (TPSA) is 53.1 Å². The molecule has 0 atom stereocenters. The summed E-state index contributed by atoms with van der Waals surface area (Å²) in [6.45, 7) is 3.83. The zero-order valence-electron chi connectivity index (χ0n) is 13.7. The van der Waals surface area contributed by atoms with E-state index in [1.165, 1.54) is 12.1 Å². The maximum atomic E-state index is 12.8. The number of carboxylic acid groups (broad SMARTS) is 1. The van der Waals surface area contributed by atoms with Crippen molar-refractivity contribution in [3.05, 3.63) is 58.7 Å². The monoisotopic (exact) mass is 347 g/mol. The fourth-order valence-corrected chi connectivity index (χ4v) is 3.20. The van der Waals surface area contributed by atoms with Gasteiger partial charge in [0.1, 0.15) is 0 Å². The molecule has 130 valence electrons. The van der Waals surface area contributed by atoms with Gasteiger partial charge in [0.2, 0.25) is 0 Å². The minimum atomic E-state index is -4.41. The van der Waals surface area contributed by atoms with E-state index >= 15 is 0 Å². The number of halogens is 3. The number of fused-ring (bicyclic) bond motifs is 1. The number of alkyl halides is 3. The molecule has 0 aliphatic rings. The molecule has 1 heterocycles. The maximum absolute atomic E-state index is 12.8. The van der Waals surface area contributed by atoms with Crippen LogP contribution in [0, 0.1) is 13.8 Å². The molecule has 0 saturated carbocycles. The molecule has 0 spiro atoms. The van der Waals surface area contributed by atoms with Crippen LogP contribution in [0.4, 0.5) is 13.2 Å². The molecule has 0 amide bonds. The summed E-state index contributed by atoms with van der Waals surface area (Å²) in [4.78, 5) is 14.5. The molecule has 3 aromatic rings. The van der Waals surface area contributed by atoms with Crippen molar-refractivity contribution in [2.24, 2.45) is 0 Å². The Morgan fingerprint density at radius 3 is 2.32 bits per heavy atom. The standard InChI is InChI=1S/C19H16F3NO2/c1-10-7-11(2)17-14(9-16(24)25)18(23-15(17)8-10)12-3-5-13(6-4-12)19(20,21)22/h3-8,23H,9H2,1-2H3,(H,24,25). The molecule has 0 aliphatic heterocycles. The van der Waals surface area contributed by atoms with E-state index in [-0.39, 0.29) is 6.42 Å². The summed E-state index contributed by atoms with van der Waals surface area (Å²) >= 11 is 0. The number of rotatable bonds is 3. The molecule has 6 heteroatoms. The number of aliphatic carboxylic acids is 1. The van der Waals surface area contributed by atoms with Crippen LogP contribution in [0.5, 0.6) is 0 Å². The van der Waals surface area contributed by atoms with Crippen molar-refractivity contribution in [2.75, 3.05) is 0 Å². The molecule has 0 bridgehead atoms. The van der Waals surface area contributed by atoms with E-state index in [2.05, 4.69) is 4.98 Å². The highest BCUT2D eigenvalue weighted by atomic mass is 19.4. The molecule has 0 saturated heterocycles. The zero-order valence-corrected chi connectivity index (χ0v) is 13.7. The number of H-pyrrole nitrogens is 1. The molecule has 2 N–H and O–H groups in total. The second kappa shape index (κ2) is 5.95. The number of carbonyl (C=O) groups is 1. The third-order valence-electron chi connectivity index (χ3n) is 4.17. The third-order valence-corrected chi connectivity index (χ3v) is 4.17. The number of nitrogens with one attached hydrogen (secondary N) is 1. The lowest BCUT2D eigenvalue weighted by Crippen LogP contribution is -2.04. The fourth-order valence-electron chi connectivity index (χ4n) is 3.20. The van der Waals surface area contributed by atoms with Gasteiger partial charge in [0.25, 0.3) is 0 Å². The SMILES string of the molecule is Cc1cc(C)c2c(CC(=O)O)c(-c3ccc(C(F)(F)F)cc3)[nH]c2c1. The van der Waals surface area contributed by atoms with Crippen LogP contribution in [-0.4, -0.2) is 16.1 Å². The largest absolute Gasteiger partial charge is 0.481 e. The van der Waals surface area contributed by atoms with Crippen LogP contribution in [0.15, 0.2) is 36.4 Å². The second-order valence-electron chi connectivity index (χ2n) is 6.13. The average Bonchev–Trinajstić information content (AvgIpc) is 2.84. The predicted molar refractivity (Wildman–Crippen MR) is 89.6 cm³/mol. The first kappa shape index (κ1) is 17.1. The average molecular weight is 347 g/mol. The van der Waals surface area contributed by atoms with Gasteiger partial charge in [-0.15, -0.1) is 0 Å². The van der Waals surface area contributed by atoms with Crippen LogP contribution in [0.3, 0.4) is 0 Å². The molecule has 3 rings (SSSR count). The Balaban J connectivity index is 2.21. The van der Waals surface area contributed by atoms with E-state index in [1.807, 2.05) is 26.0 Å². The summed E-state index contributed by atoms with van der Waals surface area (Å²) in [5.41, 5.74) is 3.65. The normalized spacial score (nSPS) is 11.9. The fraction of sp³-hybridized carbons (Fsp3) is 0.211. The Bertz CT molecular complexity index is 953. The lowest BCUT2D eigenvalue weighted by atomic mass is 9.98. The smallest absolute Gasteiger partial charge is 0.416 e. The van der Waals surface area contributed by atoms with E-state index in [9.17, 15) is 23.1 Å². The molecular weight excluding hydrogens is 331 g/mol. The van der Waals surface area contributed by atoms with Crippen molar-refractivity contribution < 1.29 is 23.1 Å². The zero-order chi connectivity index (χ0) is 18.4. The lowest BCUT2D eigenvalue weighted by Gasteiger charge is -2.08. The molecule has 0 unspecified atom stereocenters. The third kappa shape index (κ3) is 3.24. The molecule has 2 aromatic carbocycles. The van der Waals surface area contributed by atoms with E-state index < -0.39 is 17.7 Å². The Morgan fingerprint density at radius 2 is 1.76 bits per heavy atom. The van der Waals surface area contributed by atoms with Crippen LogP contribution >= 0.6 is 0 Å². The minimum Gasteiger partial charge on any atom is -0.481 e. The first-order valence-electron chi connectivity index (χ1n) is 7.68. The van der Waals surface area contributed by atoms with Crippen LogP contribution in [0.1, 0.15) is 22.3 Å². The molecule has 0 radical (unpaired) electrons. The van der Waals surface area contributed by atoms with Crippen LogP contribution in [-0.2, 0) is 17.4 Å². The highest BCUT2D eigenvalue weighted by Gasteiger charge is 2.30. The first-order valence-corrected chi connectivity index (χ1v) is 7.68. The Labute approximate surface area is 142 Å².